The lowest BCUT2D eigenvalue weighted by Gasteiger charge is -2.40. The lowest BCUT2D eigenvalue weighted by Crippen LogP contribution is -2.55. The van der Waals surface area contributed by atoms with E-state index in [9.17, 15) is 10.1 Å². The standard InChI is InChI=1S/C13H23N3O/c1-5-13(6-2,10-14)12(17)16-8-7-15(4)11(3)9-16/h11H,5-9H2,1-4H3. The van der Waals surface area contributed by atoms with Crippen LogP contribution in [0.2, 0.25) is 0 Å². The first-order valence-corrected chi connectivity index (χ1v) is 6.41. The van der Waals surface area contributed by atoms with Gasteiger partial charge in [0.2, 0.25) is 5.91 Å². The maximum Gasteiger partial charge on any atom is 0.243 e. The molecular weight excluding hydrogens is 214 g/mol. The van der Waals surface area contributed by atoms with Gasteiger partial charge in [-0.1, -0.05) is 13.8 Å². The molecule has 1 heterocycles. The summed E-state index contributed by atoms with van der Waals surface area (Å²) in [5.41, 5.74) is -0.810. The van der Waals surface area contributed by atoms with Gasteiger partial charge in [-0.3, -0.25) is 4.79 Å². The zero-order chi connectivity index (χ0) is 13.1. The van der Waals surface area contributed by atoms with Gasteiger partial charge >= 0.3 is 0 Å². The van der Waals surface area contributed by atoms with Gasteiger partial charge in [0.25, 0.3) is 0 Å². The van der Waals surface area contributed by atoms with Gasteiger partial charge in [0.15, 0.2) is 0 Å². The van der Waals surface area contributed by atoms with E-state index in [1.165, 1.54) is 0 Å². The van der Waals surface area contributed by atoms with Crippen LogP contribution in [0.1, 0.15) is 33.6 Å². The average molecular weight is 237 g/mol. The van der Waals surface area contributed by atoms with E-state index in [-0.39, 0.29) is 5.91 Å². The molecule has 1 amide bonds. The number of nitriles is 1. The highest BCUT2D eigenvalue weighted by molar-refractivity contribution is 5.85. The maximum absolute atomic E-state index is 12.5. The summed E-state index contributed by atoms with van der Waals surface area (Å²) in [6, 6.07) is 2.61. The Morgan fingerprint density at radius 2 is 2.00 bits per heavy atom. The minimum Gasteiger partial charge on any atom is -0.338 e. The molecule has 1 unspecified atom stereocenters. The summed E-state index contributed by atoms with van der Waals surface area (Å²) in [5, 5.41) is 9.29. The molecule has 0 aromatic rings. The van der Waals surface area contributed by atoms with Crippen LogP contribution < -0.4 is 0 Å². The van der Waals surface area contributed by atoms with Gasteiger partial charge in [-0.15, -0.1) is 0 Å². The Bertz CT molecular complexity index is 317. The molecule has 4 heteroatoms. The highest BCUT2D eigenvalue weighted by atomic mass is 16.2. The third kappa shape index (κ3) is 2.61. The number of amides is 1. The number of nitrogens with zero attached hydrogens (tertiary/aromatic N) is 3. The van der Waals surface area contributed by atoms with Gasteiger partial charge in [0.1, 0.15) is 5.41 Å². The molecule has 1 aliphatic heterocycles. The number of hydrogen-bond donors (Lipinski definition) is 0. The van der Waals surface area contributed by atoms with Crippen LogP contribution in [0.5, 0.6) is 0 Å². The molecule has 17 heavy (non-hydrogen) atoms. The molecule has 1 fully saturated rings. The van der Waals surface area contributed by atoms with E-state index in [1.54, 1.807) is 0 Å². The second-order valence-corrected chi connectivity index (χ2v) is 4.98. The topological polar surface area (TPSA) is 47.3 Å². The molecule has 0 bridgehead atoms. The largest absolute Gasteiger partial charge is 0.338 e. The van der Waals surface area contributed by atoms with Crippen molar-refractivity contribution in [1.82, 2.24) is 9.80 Å². The van der Waals surface area contributed by atoms with Gasteiger partial charge in [0, 0.05) is 25.7 Å². The average Bonchev–Trinajstić information content (AvgIpc) is 2.35. The predicted molar refractivity (Wildman–Crippen MR) is 67.3 cm³/mol. The van der Waals surface area contributed by atoms with Crippen LogP contribution in [-0.4, -0.2) is 48.4 Å². The zero-order valence-electron chi connectivity index (χ0n) is 11.4. The third-order valence-corrected chi connectivity index (χ3v) is 4.08. The number of carbonyl (C=O) groups is 1. The molecule has 0 aromatic heterocycles. The first-order chi connectivity index (χ1) is 8.00. The number of carbonyl (C=O) groups excluding carboxylic acids is 1. The van der Waals surface area contributed by atoms with E-state index in [0.717, 1.165) is 19.6 Å². The SMILES string of the molecule is CCC(C#N)(CC)C(=O)N1CCN(C)C(C)C1. The molecular formula is C13H23N3O. The van der Waals surface area contributed by atoms with Crippen LogP contribution in [0.25, 0.3) is 0 Å². The van der Waals surface area contributed by atoms with E-state index < -0.39 is 5.41 Å². The lowest BCUT2D eigenvalue weighted by molar-refractivity contribution is -0.142. The van der Waals surface area contributed by atoms with Crippen molar-refractivity contribution in [2.24, 2.45) is 5.41 Å². The molecule has 0 spiro atoms. The Kier molecular flexibility index (Phi) is 4.53. The Morgan fingerprint density at radius 1 is 1.41 bits per heavy atom. The second-order valence-electron chi connectivity index (χ2n) is 4.98. The second kappa shape index (κ2) is 5.50. The first-order valence-electron chi connectivity index (χ1n) is 6.41. The van der Waals surface area contributed by atoms with Crippen molar-refractivity contribution in [3.63, 3.8) is 0 Å². The fraction of sp³-hybridized carbons (Fsp3) is 0.846. The predicted octanol–water partition coefficient (Wildman–Crippen LogP) is 1.48. The van der Waals surface area contributed by atoms with Crippen LogP contribution in [0.3, 0.4) is 0 Å². The Labute approximate surface area is 104 Å². The van der Waals surface area contributed by atoms with Crippen LogP contribution in [0.15, 0.2) is 0 Å². The van der Waals surface area contributed by atoms with Gasteiger partial charge in [-0.2, -0.15) is 5.26 Å². The molecule has 0 aromatic carbocycles. The molecule has 1 aliphatic rings. The van der Waals surface area contributed by atoms with Gasteiger partial charge < -0.3 is 9.80 Å². The fourth-order valence-corrected chi connectivity index (χ4v) is 2.29. The molecule has 96 valence electrons. The fourth-order valence-electron chi connectivity index (χ4n) is 2.29. The molecule has 0 aliphatic carbocycles. The summed E-state index contributed by atoms with van der Waals surface area (Å²) in [7, 11) is 2.07. The molecule has 0 saturated carbocycles. The van der Waals surface area contributed by atoms with Gasteiger partial charge in [-0.25, -0.2) is 0 Å². The summed E-state index contributed by atoms with van der Waals surface area (Å²) >= 11 is 0. The molecule has 0 radical (unpaired) electrons. The smallest absolute Gasteiger partial charge is 0.243 e. The molecule has 4 nitrogen and oxygen atoms in total. The highest BCUT2D eigenvalue weighted by Crippen LogP contribution is 2.29. The van der Waals surface area contributed by atoms with E-state index in [2.05, 4.69) is 24.9 Å². The zero-order valence-corrected chi connectivity index (χ0v) is 11.4. The van der Waals surface area contributed by atoms with Crippen LogP contribution in [-0.2, 0) is 4.79 Å². The Morgan fingerprint density at radius 3 is 2.41 bits per heavy atom. The number of hydrogen-bond acceptors (Lipinski definition) is 3. The normalized spacial score (nSPS) is 22.3. The quantitative estimate of drug-likeness (QED) is 0.747. The van der Waals surface area contributed by atoms with Crippen molar-refractivity contribution in [2.75, 3.05) is 26.7 Å². The molecule has 1 atom stereocenters. The van der Waals surface area contributed by atoms with Crippen molar-refractivity contribution in [1.29, 1.82) is 5.26 Å². The summed E-state index contributed by atoms with van der Waals surface area (Å²) in [4.78, 5) is 16.6. The maximum atomic E-state index is 12.5. The minimum absolute atomic E-state index is 0.0185. The van der Waals surface area contributed by atoms with E-state index in [4.69, 9.17) is 0 Å². The van der Waals surface area contributed by atoms with Crippen molar-refractivity contribution in [3.05, 3.63) is 0 Å². The van der Waals surface area contributed by atoms with E-state index >= 15 is 0 Å². The molecule has 0 N–H and O–H groups in total. The van der Waals surface area contributed by atoms with Crippen LogP contribution in [0, 0.1) is 16.7 Å². The first kappa shape index (κ1) is 14.0. The Hall–Kier alpha value is -1.08. The molecule has 1 saturated heterocycles. The van der Waals surface area contributed by atoms with Crippen LogP contribution >= 0.6 is 0 Å². The summed E-state index contributed by atoms with van der Waals surface area (Å²) in [6.45, 7) is 8.32. The summed E-state index contributed by atoms with van der Waals surface area (Å²) in [6.07, 6.45) is 1.19. The van der Waals surface area contributed by atoms with E-state index in [1.807, 2.05) is 18.7 Å². The molecule has 1 rings (SSSR count). The lowest BCUT2D eigenvalue weighted by atomic mass is 9.82. The van der Waals surface area contributed by atoms with Gasteiger partial charge in [0.05, 0.1) is 6.07 Å². The van der Waals surface area contributed by atoms with Crippen molar-refractivity contribution >= 4 is 5.91 Å². The highest BCUT2D eigenvalue weighted by Gasteiger charge is 2.39. The number of rotatable bonds is 3. The summed E-state index contributed by atoms with van der Waals surface area (Å²) < 4.78 is 0. The summed E-state index contributed by atoms with van der Waals surface area (Å²) in [5.74, 6) is 0.0185. The number of piperazine rings is 1. The third-order valence-electron chi connectivity index (χ3n) is 4.08. The number of likely N-dealkylation sites (N-methyl/N-ethyl adjacent to an activating group) is 1. The van der Waals surface area contributed by atoms with Crippen molar-refractivity contribution < 1.29 is 4.79 Å². The monoisotopic (exact) mass is 237 g/mol. The van der Waals surface area contributed by atoms with E-state index in [0.29, 0.717) is 18.9 Å². The van der Waals surface area contributed by atoms with Gasteiger partial charge in [-0.05, 0) is 26.8 Å². The van der Waals surface area contributed by atoms with Crippen molar-refractivity contribution in [2.45, 2.75) is 39.7 Å². The minimum atomic E-state index is -0.810. The Balaban J connectivity index is 2.80. The van der Waals surface area contributed by atoms with Crippen LogP contribution in [0.4, 0.5) is 0 Å². The van der Waals surface area contributed by atoms with Crippen molar-refractivity contribution in [3.8, 4) is 6.07 Å².